The number of rotatable bonds is 2. The zero-order chi connectivity index (χ0) is 17.6. The number of carbonyl (C=O) groups is 2. The maximum atomic E-state index is 13.2. The highest BCUT2D eigenvalue weighted by Gasteiger charge is 2.40. The Labute approximate surface area is 147 Å². The van der Waals surface area contributed by atoms with E-state index < -0.39 is 0 Å². The summed E-state index contributed by atoms with van der Waals surface area (Å²) in [6.07, 6.45) is 1.83. The minimum Gasteiger partial charge on any atom is -0.461 e. The van der Waals surface area contributed by atoms with Crippen LogP contribution in [0.2, 0.25) is 0 Å². The number of hydrogen-bond donors (Lipinski definition) is 0. The van der Waals surface area contributed by atoms with Gasteiger partial charge in [0.05, 0.1) is 11.5 Å². The van der Waals surface area contributed by atoms with E-state index in [1.54, 1.807) is 0 Å². The monoisotopic (exact) mass is 338 g/mol. The normalized spacial score (nSPS) is 23.0. The molecule has 0 aliphatic carbocycles. The van der Waals surface area contributed by atoms with E-state index in [4.69, 9.17) is 4.42 Å². The lowest BCUT2D eigenvalue weighted by Gasteiger charge is -2.32. The smallest absolute Gasteiger partial charge is 0.257 e. The highest BCUT2D eigenvalue weighted by molar-refractivity contribution is 6.00. The summed E-state index contributed by atoms with van der Waals surface area (Å²) in [4.78, 5) is 29.3. The molecule has 0 spiro atoms. The molecule has 2 bridgehead atoms. The molecule has 0 saturated carbocycles. The molecule has 2 aromatic rings. The van der Waals surface area contributed by atoms with Gasteiger partial charge in [-0.3, -0.25) is 9.59 Å². The van der Waals surface area contributed by atoms with Crippen LogP contribution < -0.4 is 0 Å². The fourth-order valence-corrected chi connectivity index (χ4v) is 3.97. The lowest BCUT2D eigenvalue weighted by atomic mass is 9.95. The summed E-state index contributed by atoms with van der Waals surface area (Å²) >= 11 is 0. The second kappa shape index (κ2) is 6.06. The molecule has 3 aliphatic heterocycles. The Morgan fingerprint density at radius 1 is 1.16 bits per heavy atom. The van der Waals surface area contributed by atoms with E-state index in [0.29, 0.717) is 30.2 Å². The predicted octanol–water partition coefficient (Wildman–Crippen LogP) is 2.95. The Hall–Kier alpha value is -2.56. The number of furan rings is 1. The van der Waals surface area contributed by atoms with Crippen LogP contribution in [0.15, 0.2) is 40.8 Å². The third-order valence-electron chi connectivity index (χ3n) is 5.37. The Balaban J connectivity index is 1.67. The van der Waals surface area contributed by atoms with E-state index in [1.807, 2.05) is 60.2 Å². The van der Waals surface area contributed by atoms with Crippen molar-refractivity contribution in [3.63, 3.8) is 0 Å². The third-order valence-corrected chi connectivity index (χ3v) is 5.37. The van der Waals surface area contributed by atoms with Gasteiger partial charge in [0.1, 0.15) is 11.5 Å². The van der Waals surface area contributed by atoms with Gasteiger partial charge in [-0.2, -0.15) is 0 Å². The van der Waals surface area contributed by atoms with Gasteiger partial charge in [-0.15, -0.1) is 0 Å². The van der Waals surface area contributed by atoms with Crippen LogP contribution >= 0.6 is 0 Å². The molecule has 3 aliphatic rings. The summed E-state index contributed by atoms with van der Waals surface area (Å²) in [5, 5.41) is 0. The summed E-state index contributed by atoms with van der Waals surface area (Å²) in [6.45, 7) is 2.94. The summed E-state index contributed by atoms with van der Waals surface area (Å²) in [5.41, 5.74) is 1.48. The predicted molar refractivity (Wildman–Crippen MR) is 94.1 cm³/mol. The summed E-state index contributed by atoms with van der Waals surface area (Å²) in [6, 6.07) is 11.6. The molecule has 25 heavy (non-hydrogen) atoms. The second-order valence-corrected chi connectivity index (χ2v) is 7.05. The summed E-state index contributed by atoms with van der Waals surface area (Å²) < 4.78 is 5.83. The van der Waals surface area contributed by atoms with Crippen LogP contribution in [0, 0.1) is 12.8 Å². The van der Waals surface area contributed by atoms with Crippen molar-refractivity contribution in [3.8, 4) is 11.3 Å². The molecular weight excluding hydrogens is 316 g/mol. The third kappa shape index (κ3) is 2.73. The van der Waals surface area contributed by atoms with Gasteiger partial charge in [-0.1, -0.05) is 30.3 Å². The molecule has 5 nitrogen and oxygen atoms in total. The van der Waals surface area contributed by atoms with Crippen molar-refractivity contribution in [2.45, 2.75) is 25.8 Å². The number of fused-ring (bicyclic) bond motifs is 4. The maximum Gasteiger partial charge on any atom is 0.257 e. The van der Waals surface area contributed by atoms with Gasteiger partial charge in [-0.25, -0.2) is 0 Å². The van der Waals surface area contributed by atoms with Crippen molar-refractivity contribution in [1.29, 1.82) is 0 Å². The second-order valence-electron chi connectivity index (χ2n) is 7.05. The van der Waals surface area contributed by atoms with Crippen LogP contribution in [0.25, 0.3) is 11.3 Å². The zero-order valence-electron chi connectivity index (χ0n) is 14.6. The molecule has 3 saturated heterocycles. The fraction of sp³-hybridized carbons (Fsp3) is 0.400. The van der Waals surface area contributed by atoms with Crippen molar-refractivity contribution in [3.05, 3.63) is 47.7 Å². The number of piperidine rings is 1. The topological polar surface area (TPSA) is 53.8 Å². The maximum absolute atomic E-state index is 13.2. The Kier molecular flexibility index (Phi) is 3.86. The highest BCUT2D eigenvalue weighted by Crippen LogP contribution is 2.32. The summed E-state index contributed by atoms with van der Waals surface area (Å²) in [5.74, 6) is 1.36. The molecule has 1 aromatic carbocycles. The highest BCUT2D eigenvalue weighted by atomic mass is 16.3. The van der Waals surface area contributed by atoms with Crippen molar-refractivity contribution in [1.82, 2.24) is 9.80 Å². The fourth-order valence-electron chi connectivity index (χ4n) is 3.97. The number of likely N-dealkylation sites (N-methyl/N-ethyl adjacent to an activating group) is 1. The minimum atomic E-state index is -0.0825. The van der Waals surface area contributed by atoms with Crippen molar-refractivity contribution in [2.75, 3.05) is 20.1 Å². The van der Waals surface area contributed by atoms with Crippen LogP contribution in [0.4, 0.5) is 0 Å². The Bertz CT molecular complexity index is 812. The van der Waals surface area contributed by atoms with E-state index in [1.165, 1.54) is 0 Å². The van der Waals surface area contributed by atoms with E-state index in [9.17, 15) is 9.59 Å². The molecule has 1 aromatic heterocycles. The molecule has 4 heterocycles. The first kappa shape index (κ1) is 15.9. The number of benzene rings is 1. The number of amides is 2. The molecule has 2 amide bonds. The minimum absolute atomic E-state index is 0.0456. The van der Waals surface area contributed by atoms with Gasteiger partial charge < -0.3 is 14.2 Å². The molecule has 130 valence electrons. The zero-order valence-corrected chi connectivity index (χ0v) is 14.6. The van der Waals surface area contributed by atoms with Crippen LogP contribution in [0.1, 0.15) is 29.0 Å². The van der Waals surface area contributed by atoms with Crippen molar-refractivity contribution >= 4 is 11.8 Å². The quantitative estimate of drug-likeness (QED) is 0.846. The SMILES string of the molecule is Cc1cc(C(=O)N2C[C@H]3CC[C@@H](C2)N(C)C3=O)c(-c2ccccc2)o1. The van der Waals surface area contributed by atoms with Crippen LogP contribution in [-0.2, 0) is 4.79 Å². The van der Waals surface area contributed by atoms with Gasteiger partial charge in [0.25, 0.3) is 5.91 Å². The number of nitrogens with zero attached hydrogens (tertiary/aromatic N) is 2. The number of carbonyl (C=O) groups excluding carboxylic acids is 2. The standard InChI is InChI=1S/C20H22N2O3/c1-13-10-17(18(25-13)14-6-4-3-5-7-14)20(24)22-11-15-8-9-16(12-22)21(2)19(15)23/h3-7,10,15-16H,8-9,11-12H2,1-2H3/t15-,16+/m1/s1. The van der Waals surface area contributed by atoms with Gasteiger partial charge in [0, 0.05) is 31.7 Å². The molecule has 0 unspecified atom stereocenters. The number of hydrogen-bond acceptors (Lipinski definition) is 3. The van der Waals surface area contributed by atoms with Gasteiger partial charge in [0.2, 0.25) is 5.91 Å². The largest absolute Gasteiger partial charge is 0.461 e. The first-order chi connectivity index (χ1) is 12.0. The lowest BCUT2D eigenvalue weighted by Crippen LogP contribution is -2.45. The van der Waals surface area contributed by atoms with Crippen molar-refractivity contribution < 1.29 is 14.0 Å². The molecular formula is C20H22N2O3. The number of aryl methyl sites for hydroxylation is 1. The van der Waals surface area contributed by atoms with E-state index in [2.05, 4.69) is 0 Å². The molecule has 5 heteroatoms. The first-order valence-corrected chi connectivity index (χ1v) is 8.76. The van der Waals surface area contributed by atoms with E-state index in [-0.39, 0.29) is 23.8 Å². The molecule has 0 N–H and O–H groups in total. The van der Waals surface area contributed by atoms with Crippen LogP contribution in [0.3, 0.4) is 0 Å². The summed E-state index contributed by atoms with van der Waals surface area (Å²) in [7, 11) is 1.85. The molecule has 2 atom stereocenters. The van der Waals surface area contributed by atoms with Gasteiger partial charge >= 0.3 is 0 Å². The van der Waals surface area contributed by atoms with E-state index in [0.717, 1.165) is 18.4 Å². The first-order valence-electron chi connectivity index (χ1n) is 8.76. The van der Waals surface area contributed by atoms with Gasteiger partial charge in [0.15, 0.2) is 0 Å². The average Bonchev–Trinajstić information content (AvgIpc) is 2.82. The van der Waals surface area contributed by atoms with Gasteiger partial charge in [-0.05, 0) is 25.8 Å². The Morgan fingerprint density at radius 3 is 2.68 bits per heavy atom. The Morgan fingerprint density at radius 2 is 1.92 bits per heavy atom. The lowest BCUT2D eigenvalue weighted by molar-refractivity contribution is -0.138. The van der Waals surface area contributed by atoms with Crippen molar-refractivity contribution in [2.24, 2.45) is 5.92 Å². The van der Waals surface area contributed by atoms with Crippen LogP contribution in [0.5, 0.6) is 0 Å². The molecule has 5 rings (SSSR count). The van der Waals surface area contributed by atoms with Crippen LogP contribution in [-0.4, -0.2) is 47.8 Å². The molecule has 3 fully saturated rings. The average molecular weight is 338 g/mol. The molecule has 0 radical (unpaired) electrons. The van der Waals surface area contributed by atoms with E-state index >= 15 is 0 Å².